The van der Waals surface area contributed by atoms with Gasteiger partial charge in [-0.3, -0.25) is 4.98 Å². The maximum absolute atomic E-state index is 4.59. The molecule has 0 aliphatic heterocycles. The number of aryl methyl sites for hydroxylation is 1. The number of aromatic nitrogens is 3. The minimum Gasteiger partial charge on any atom is -0.265 e. The van der Waals surface area contributed by atoms with E-state index in [0.717, 1.165) is 11.4 Å². The smallest absolute Gasteiger partial charge is 0.0679 e. The molecule has 0 saturated heterocycles. The van der Waals surface area contributed by atoms with Gasteiger partial charge in [-0.1, -0.05) is 13.8 Å². The van der Waals surface area contributed by atoms with Crippen LogP contribution in [0.3, 0.4) is 0 Å². The van der Waals surface area contributed by atoms with Crippen LogP contribution in [-0.4, -0.2) is 14.8 Å². The van der Waals surface area contributed by atoms with E-state index in [0.29, 0.717) is 5.92 Å². The maximum atomic E-state index is 4.59. The number of hydrogen-bond acceptors (Lipinski definition) is 2. The summed E-state index contributed by atoms with van der Waals surface area (Å²) < 4.78 is 1.99. The zero-order valence-electron chi connectivity index (χ0n) is 10.2. The average Bonchev–Trinajstić information content (AvgIpc) is 2.55. The molecule has 2 rings (SSSR count). The van der Waals surface area contributed by atoms with E-state index in [2.05, 4.69) is 37.8 Å². The number of pyridine rings is 1. The molecule has 0 aliphatic carbocycles. The van der Waals surface area contributed by atoms with Gasteiger partial charge in [-0.2, -0.15) is 5.10 Å². The highest BCUT2D eigenvalue weighted by Gasteiger charge is 2.14. The van der Waals surface area contributed by atoms with Gasteiger partial charge in [-0.15, -0.1) is 0 Å². The van der Waals surface area contributed by atoms with Gasteiger partial charge >= 0.3 is 0 Å². The highest BCUT2D eigenvalue weighted by molar-refractivity contribution is 5.36. The van der Waals surface area contributed by atoms with E-state index in [1.807, 2.05) is 16.8 Å². The Bertz CT molecular complexity index is 483. The van der Waals surface area contributed by atoms with Crippen LogP contribution in [0.2, 0.25) is 0 Å². The lowest BCUT2D eigenvalue weighted by Gasteiger charge is -2.07. The maximum Gasteiger partial charge on any atom is 0.0679 e. The first-order valence-electron chi connectivity index (χ1n) is 5.57. The molecule has 0 aromatic carbocycles. The van der Waals surface area contributed by atoms with Crippen molar-refractivity contribution in [3.63, 3.8) is 0 Å². The van der Waals surface area contributed by atoms with Gasteiger partial charge in [0, 0.05) is 18.1 Å². The fourth-order valence-electron chi connectivity index (χ4n) is 2.23. The molecule has 3 heteroatoms. The molecule has 0 saturated carbocycles. The second-order valence-electron chi connectivity index (χ2n) is 4.36. The first-order valence-corrected chi connectivity index (χ1v) is 5.57. The van der Waals surface area contributed by atoms with E-state index in [1.165, 1.54) is 11.3 Å². The monoisotopic (exact) mass is 215 g/mol. The Morgan fingerprint density at radius 3 is 2.25 bits per heavy atom. The summed E-state index contributed by atoms with van der Waals surface area (Å²) in [5, 5.41) is 4.59. The third kappa shape index (κ3) is 1.73. The van der Waals surface area contributed by atoms with E-state index >= 15 is 0 Å². The topological polar surface area (TPSA) is 30.7 Å². The van der Waals surface area contributed by atoms with Crippen LogP contribution in [0, 0.1) is 13.8 Å². The molecule has 0 amide bonds. The first kappa shape index (κ1) is 10.9. The lowest BCUT2D eigenvalue weighted by Crippen LogP contribution is -1.99. The molecule has 0 aliphatic rings. The van der Waals surface area contributed by atoms with Crippen molar-refractivity contribution in [1.29, 1.82) is 0 Å². The molecule has 3 nitrogen and oxygen atoms in total. The van der Waals surface area contributed by atoms with Gasteiger partial charge in [0.05, 0.1) is 11.4 Å². The van der Waals surface area contributed by atoms with Gasteiger partial charge in [0.1, 0.15) is 0 Å². The largest absolute Gasteiger partial charge is 0.265 e. The summed E-state index contributed by atoms with van der Waals surface area (Å²) in [6.07, 6.45) is 3.58. The standard InChI is InChI=1S/C13H17N3/c1-9(2)13-10(3)15-16(11(13)4)12-5-7-14-8-6-12/h5-9H,1-4H3. The highest BCUT2D eigenvalue weighted by Crippen LogP contribution is 2.24. The summed E-state index contributed by atoms with van der Waals surface area (Å²) in [5.41, 5.74) is 4.75. The van der Waals surface area contributed by atoms with E-state index in [4.69, 9.17) is 0 Å². The lowest BCUT2D eigenvalue weighted by atomic mass is 10.0. The summed E-state index contributed by atoms with van der Waals surface area (Å²) in [6, 6.07) is 3.95. The van der Waals surface area contributed by atoms with E-state index in [1.54, 1.807) is 12.4 Å². The van der Waals surface area contributed by atoms with Gasteiger partial charge in [-0.25, -0.2) is 4.68 Å². The lowest BCUT2D eigenvalue weighted by molar-refractivity contribution is 0.821. The third-order valence-electron chi connectivity index (χ3n) is 2.83. The first-order chi connectivity index (χ1) is 7.61. The van der Waals surface area contributed by atoms with Gasteiger partial charge in [0.25, 0.3) is 0 Å². The van der Waals surface area contributed by atoms with E-state index in [9.17, 15) is 0 Å². The number of rotatable bonds is 2. The molecule has 0 fully saturated rings. The van der Waals surface area contributed by atoms with Gasteiger partial charge in [0.2, 0.25) is 0 Å². The quantitative estimate of drug-likeness (QED) is 0.771. The predicted molar refractivity (Wildman–Crippen MR) is 64.9 cm³/mol. The normalized spacial score (nSPS) is 11.1. The Morgan fingerprint density at radius 1 is 1.12 bits per heavy atom. The zero-order chi connectivity index (χ0) is 11.7. The molecule has 2 heterocycles. The molecule has 16 heavy (non-hydrogen) atoms. The van der Waals surface area contributed by atoms with Crippen molar-refractivity contribution in [2.45, 2.75) is 33.6 Å². The molecular formula is C13H17N3. The summed E-state index contributed by atoms with van der Waals surface area (Å²) in [6.45, 7) is 8.59. The minimum absolute atomic E-state index is 0.510. The average molecular weight is 215 g/mol. The Hall–Kier alpha value is -1.64. The van der Waals surface area contributed by atoms with Crippen molar-refractivity contribution in [3.05, 3.63) is 41.5 Å². The van der Waals surface area contributed by atoms with Crippen molar-refractivity contribution < 1.29 is 0 Å². The van der Waals surface area contributed by atoms with Crippen LogP contribution in [0.15, 0.2) is 24.5 Å². The second-order valence-corrected chi connectivity index (χ2v) is 4.36. The summed E-state index contributed by atoms with van der Waals surface area (Å²) in [4.78, 5) is 4.02. The Morgan fingerprint density at radius 2 is 1.75 bits per heavy atom. The molecule has 0 radical (unpaired) electrons. The van der Waals surface area contributed by atoms with Crippen LogP contribution in [0.25, 0.3) is 5.69 Å². The molecule has 0 atom stereocenters. The van der Waals surface area contributed by atoms with Crippen LogP contribution < -0.4 is 0 Å². The molecule has 84 valence electrons. The fraction of sp³-hybridized carbons (Fsp3) is 0.385. The second kappa shape index (κ2) is 4.08. The van der Waals surface area contributed by atoms with Crippen molar-refractivity contribution in [2.24, 2.45) is 0 Å². The van der Waals surface area contributed by atoms with Crippen molar-refractivity contribution in [3.8, 4) is 5.69 Å². The van der Waals surface area contributed by atoms with E-state index < -0.39 is 0 Å². The molecule has 0 bridgehead atoms. The van der Waals surface area contributed by atoms with Gasteiger partial charge in [0.15, 0.2) is 0 Å². The Labute approximate surface area is 96.1 Å². The molecule has 0 N–H and O–H groups in total. The van der Waals surface area contributed by atoms with Crippen LogP contribution in [0.4, 0.5) is 0 Å². The summed E-state index contributed by atoms with van der Waals surface area (Å²) >= 11 is 0. The minimum atomic E-state index is 0.510. The summed E-state index contributed by atoms with van der Waals surface area (Å²) in [7, 11) is 0. The zero-order valence-corrected chi connectivity index (χ0v) is 10.2. The molecule has 2 aromatic rings. The van der Waals surface area contributed by atoms with Crippen molar-refractivity contribution in [2.75, 3.05) is 0 Å². The molecule has 2 aromatic heterocycles. The molecule has 0 spiro atoms. The Kier molecular flexibility index (Phi) is 2.77. The van der Waals surface area contributed by atoms with Gasteiger partial charge < -0.3 is 0 Å². The predicted octanol–water partition coefficient (Wildman–Crippen LogP) is 3.01. The molecular weight excluding hydrogens is 198 g/mol. The van der Waals surface area contributed by atoms with Crippen LogP contribution in [0.1, 0.15) is 36.7 Å². The van der Waals surface area contributed by atoms with Crippen LogP contribution >= 0.6 is 0 Å². The van der Waals surface area contributed by atoms with Crippen molar-refractivity contribution >= 4 is 0 Å². The van der Waals surface area contributed by atoms with Gasteiger partial charge in [-0.05, 0) is 37.5 Å². The van der Waals surface area contributed by atoms with Crippen molar-refractivity contribution in [1.82, 2.24) is 14.8 Å². The van der Waals surface area contributed by atoms with Crippen LogP contribution in [0.5, 0.6) is 0 Å². The van der Waals surface area contributed by atoms with E-state index in [-0.39, 0.29) is 0 Å². The SMILES string of the molecule is Cc1nn(-c2ccncc2)c(C)c1C(C)C. The highest BCUT2D eigenvalue weighted by atomic mass is 15.3. The fourth-order valence-corrected chi connectivity index (χ4v) is 2.23. The third-order valence-corrected chi connectivity index (χ3v) is 2.83. The molecule has 0 unspecified atom stereocenters. The number of nitrogens with zero attached hydrogens (tertiary/aromatic N) is 3. The Balaban J connectivity index is 2.56. The number of hydrogen-bond donors (Lipinski definition) is 0. The van der Waals surface area contributed by atoms with Crippen LogP contribution in [-0.2, 0) is 0 Å². The summed E-state index contributed by atoms with van der Waals surface area (Å²) in [5.74, 6) is 0.510.